The molecule has 1 fully saturated rings. The van der Waals surface area contributed by atoms with Gasteiger partial charge in [-0.05, 0) is 24.8 Å². The van der Waals surface area contributed by atoms with E-state index in [2.05, 4.69) is 4.74 Å². The van der Waals surface area contributed by atoms with Crippen LogP contribution in [0.2, 0.25) is 0 Å². The molecule has 1 aliphatic carbocycles. The molecule has 0 unspecified atom stereocenters. The van der Waals surface area contributed by atoms with Gasteiger partial charge in [0, 0.05) is 23.6 Å². The van der Waals surface area contributed by atoms with E-state index in [0.717, 1.165) is 31.2 Å². The van der Waals surface area contributed by atoms with Gasteiger partial charge in [-0.3, -0.25) is 0 Å². The van der Waals surface area contributed by atoms with E-state index in [1.807, 2.05) is 4.57 Å². The average Bonchev–Trinajstić information content (AvgIpc) is 2.98. The van der Waals surface area contributed by atoms with Gasteiger partial charge in [-0.15, -0.1) is 0 Å². The van der Waals surface area contributed by atoms with Crippen molar-refractivity contribution in [2.45, 2.75) is 50.7 Å². The maximum absolute atomic E-state index is 13.0. The minimum atomic E-state index is -5.76. The van der Waals surface area contributed by atoms with Crippen LogP contribution in [0.1, 0.15) is 42.5 Å². The maximum atomic E-state index is 13.0. The largest absolute Gasteiger partial charge is 0.456 e. The number of fused-ring (bicyclic) bond motifs is 1. The molecule has 3 nitrogen and oxygen atoms in total. The first kappa shape index (κ1) is 19.6. The Bertz CT molecular complexity index is 806. The zero-order chi connectivity index (χ0) is 19.7. The van der Waals surface area contributed by atoms with Crippen molar-refractivity contribution >= 4 is 16.9 Å². The van der Waals surface area contributed by atoms with Gasteiger partial charge in [0.15, 0.2) is 6.61 Å². The lowest BCUT2D eigenvalue weighted by atomic mass is 9.89. The van der Waals surface area contributed by atoms with E-state index in [1.165, 1.54) is 12.6 Å². The molecule has 0 saturated heterocycles. The molecule has 1 aromatic carbocycles. The second-order valence-corrected chi connectivity index (χ2v) is 6.99. The van der Waals surface area contributed by atoms with Crippen LogP contribution < -0.4 is 0 Å². The molecule has 0 aliphatic heterocycles. The fourth-order valence-corrected chi connectivity index (χ4v) is 3.52. The number of ether oxygens (including phenoxy) is 1. The molecule has 3 rings (SSSR count). The van der Waals surface area contributed by atoms with Crippen molar-refractivity contribution in [3.05, 3.63) is 36.0 Å². The first-order chi connectivity index (χ1) is 12.7. The summed E-state index contributed by atoms with van der Waals surface area (Å²) in [5, 5.41) is 0.480. The number of hydrogen-bond donors (Lipinski definition) is 0. The van der Waals surface area contributed by atoms with E-state index in [0.29, 0.717) is 17.8 Å². The molecule has 1 aromatic heterocycles. The van der Waals surface area contributed by atoms with Gasteiger partial charge in [0.05, 0.1) is 5.56 Å². The van der Waals surface area contributed by atoms with Crippen molar-refractivity contribution in [3.8, 4) is 0 Å². The van der Waals surface area contributed by atoms with Crippen molar-refractivity contribution in [3.63, 3.8) is 0 Å². The molecule has 8 heteroatoms. The maximum Gasteiger partial charge on any atom is 0.456 e. The van der Waals surface area contributed by atoms with Gasteiger partial charge in [0.1, 0.15) is 0 Å². The van der Waals surface area contributed by atoms with Crippen LogP contribution >= 0.6 is 0 Å². The van der Waals surface area contributed by atoms with Gasteiger partial charge in [0.2, 0.25) is 0 Å². The molecule has 0 N–H and O–H groups in total. The lowest BCUT2D eigenvalue weighted by Crippen LogP contribution is -2.41. The Hall–Kier alpha value is -2.12. The first-order valence-electron chi connectivity index (χ1n) is 8.88. The van der Waals surface area contributed by atoms with Gasteiger partial charge in [-0.25, -0.2) is 4.79 Å². The van der Waals surface area contributed by atoms with Gasteiger partial charge >= 0.3 is 18.1 Å². The number of esters is 1. The summed E-state index contributed by atoms with van der Waals surface area (Å²) in [6.45, 7) is -1.36. The van der Waals surface area contributed by atoms with Crippen LogP contribution in [0.25, 0.3) is 10.9 Å². The first-order valence-corrected chi connectivity index (χ1v) is 8.88. The highest BCUT2D eigenvalue weighted by atomic mass is 19.4. The monoisotopic (exact) mass is 389 g/mol. The highest BCUT2D eigenvalue weighted by Crippen LogP contribution is 2.36. The fraction of sp³-hybridized carbons (Fsp3) is 0.526. The van der Waals surface area contributed by atoms with Gasteiger partial charge in [-0.1, -0.05) is 37.5 Å². The van der Waals surface area contributed by atoms with E-state index in [-0.39, 0.29) is 5.56 Å². The smallest absolute Gasteiger partial charge is 0.455 e. The number of halogens is 5. The lowest BCUT2D eigenvalue weighted by Gasteiger charge is -2.22. The second-order valence-electron chi connectivity index (χ2n) is 6.99. The van der Waals surface area contributed by atoms with Crippen LogP contribution in [0.5, 0.6) is 0 Å². The molecular formula is C19H20F5NO2. The molecule has 0 atom stereocenters. The van der Waals surface area contributed by atoms with Crippen molar-refractivity contribution in [1.29, 1.82) is 0 Å². The number of rotatable bonds is 5. The molecule has 0 amide bonds. The van der Waals surface area contributed by atoms with Crippen LogP contribution in [0.4, 0.5) is 22.0 Å². The third-order valence-electron chi connectivity index (χ3n) is 4.99. The number of carbonyl (C=O) groups is 1. The van der Waals surface area contributed by atoms with Crippen molar-refractivity contribution < 1.29 is 31.5 Å². The van der Waals surface area contributed by atoms with Crippen molar-refractivity contribution in [2.75, 3.05) is 6.61 Å². The minimum Gasteiger partial charge on any atom is -0.455 e. The van der Waals surface area contributed by atoms with E-state index >= 15 is 0 Å². The molecule has 0 spiro atoms. The van der Waals surface area contributed by atoms with Crippen molar-refractivity contribution in [1.82, 2.24) is 4.57 Å². The number of nitrogens with zero attached hydrogens (tertiary/aromatic N) is 1. The molecule has 27 heavy (non-hydrogen) atoms. The van der Waals surface area contributed by atoms with Crippen LogP contribution in [-0.2, 0) is 11.3 Å². The molecule has 2 aromatic rings. The Morgan fingerprint density at radius 2 is 1.74 bits per heavy atom. The Balaban J connectivity index is 1.80. The summed E-state index contributed by atoms with van der Waals surface area (Å²) in [5.74, 6) is -5.81. The van der Waals surface area contributed by atoms with Gasteiger partial charge in [0.25, 0.3) is 0 Å². The van der Waals surface area contributed by atoms with E-state index < -0.39 is 24.7 Å². The number of alkyl halides is 5. The number of para-hydroxylation sites is 1. The summed E-state index contributed by atoms with van der Waals surface area (Å²) < 4.78 is 69.0. The Labute approximate surface area is 153 Å². The van der Waals surface area contributed by atoms with Gasteiger partial charge in [-0.2, -0.15) is 22.0 Å². The quantitative estimate of drug-likeness (QED) is 0.494. The summed E-state index contributed by atoms with van der Waals surface area (Å²) in [5.41, 5.74) is 0.733. The number of hydrogen-bond acceptors (Lipinski definition) is 2. The highest BCUT2D eigenvalue weighted by molar-refractivity contribution is 6.04. The SMILES string of the molecule is O=C(OCC(F)(F)C(F)(F)F)c1cn(CC2CCCCC2)c2ccccc12. The molecule has 1 saturated carbocycles. The predicted octanol–water partition coefficient (Wildman–Crippen LogP) is 5.58. The van der Waals surface area contributed by atoms with Crippen LogP contribution in [-0.4, -0.2) is 29.2 Å². The average molecular weight is 389 g/mol. The summed E-state index contributed by atoms with van der Waals surface area (Å²) in [4.78, 5) is 12.2. The van der Waals surface area contributed by atoms with Crippen LogP contribution in [0, 0.1) is 5.92 Å². The lowest BCUT2D eigenvalue weighted by molar-refractivity contribution is -0.292. The Kier molecular flexibility index (Phi) is 5.44. The van der Waals surface area contributed by atoms with E-state index in [9.17, 15) is 26.7 Å². The fourth-order valence-electron chi connectivity index (χ4n) is 3.52. The van der Waals surface area contributed by atoms with E-state index in [1.54, 1.807) is 24.3 Å². The zero-order valence-corrected chi connectivity index (χ0v) is 14.6. The Morgan fingerprint density at radius 1 is 1.07 bits per heavy atom. The summed E-state index contributed by atoms with van der Waals surface area (Å²) in [7, 11) is 0. The van der Waals surface area contributed by atoms with Gasteiger partial charge < -0.3 is 9.30 Å². The molecule has 1 aliphatic rings. The summed E-state index contributed by atoms with van der Waals surface area (Å²) >= 11 is 0. The number of carbonyl (C=O) groups excluding carboxylic acids is 1. The summed E-state index contributed by atoms with van der Waals surface area (Å²) in [6.07, 6.45) is 1.37. The third kappa shape index (κ3) is 4.25. The van der Waals surface area contributed by atoms with Crippen LogP contribution in [0.3, 0.4) is 0 Å². The molecule has 0 radical (unpaired) electrons. The van der Waals surface area contributed by atoms with E-state index in [4.69, 9.17) is 0 Å². The highest BCUT2D eigenvalue weighted by Gasteiger charge is 2.58. The second kappa shape index (κ2) is 7.48. The molecular weight excluding hydrogens is 369 g/mol. The topological polar surface area (TPSA) is 31.2 Å². The van der Waals surface area contributed by atoms with Crippen LogP contribution in [0.15, 0.2) is 30.5 Å². The standard InChI is InChI=1S/C19H20F5NO2/c20-18(21,19(22,23)24)12-27-17(26)15-11-25(10-13-6-2-1-3-7-13)16-9-5-4-8-14(15)16/h4-5,8-9,11,13H,1-3,6-7,10,12H2. The molecule has 1 heterocycles. The zero-order valence-electron chi connectivity index (χ0n) is 14.6. The summed E-state index contributed by atoms with van der Waals surface area (Å²) in [6, 6.07) is 6.88. The number of benzene rings is 1. The molecule has 0 bridgehead atoms. The predicted molar refractivity (Wildman–Crippen MR) is 89.8 cm³/mol. The van der Waals surface area contributed by atoms with Crippen molar-refractivity contribution in [2.24, 2.45) is 5.92 Å². The molecule has 148 valence electrons. The number of aromatic nitrogens is 1. The normalized spacial score (nSPS) is 16.6. The minimum absolute atomic E-state index is 0.000570. The third-order valence-corrected chi connectivity index (χ3v) is 4.99. The Morgan fingerprint density at radius 3 is 2.41 bits per heavy atom.